The van der Waals surface area contributed by atoms with Gasteiger partial charge in [-0.3, -0.25) is 0 Å². The van der Waals surface area contributed by atoms with E-state index in [1.165, 1.54) is 0 Å². The highest BCUT2D eigenvalue weighted by atomic mass is 16.6. The maximum absolute atomic E-state index is 9.92. The summed E-state index contributed by atoms with van der Waals surface area (Å²) in [7, 11) is 0. The Kier molecular flexibility index (Phi) is 1.90. The first-order valence-corrected chi connectivity index (χ1v) is 1.73. The predicted octanol–water partition coefficient (Wildman–Crippen LogP) is -1.20. The fourth-order valence-corrected chi connectivity index (χ4v) is 0.303. The van der Waals surface area contributed by atoms with Crippen LogP contribution in [0.2, 0.25) is 0 Å². The molecule has 4 heteroatoms. The van der Waals surface area contributed by atoms with Crippen LogP contribution in [0.3, 0.4) is 0 Å². The summed E-state index contributed by atoms with van der Waals surface area (Å²) in [5.41, 5.74) is 0. The smallest absolute Gasteiger partial charge is 0.338 e. The van der Waals surface area contributed by atoms with Crippen LogP contribution >= 0.6 is 0 Å². The number of rotatable bonds is 0. The average Bonchev–Trinajstić information content (AvgIpc) is 1.87. The van der Waals surface area contributed by atoms with Crippen LogP contribution in [0.5, 0.6) is 0 Å². The summed E-state index contributed by atoms with van der Waals surface area (Å²) in [6.45, 7) is 0. The Morgan fingerprint density at radius 2 is 1.50 bits per heavy atom. The lowest BCUT2D eigenvalue weighted by atomic mass is 10.6. The minimum absolute atomic E-state index is 0. The number of ether oxygens (including phenoxy) is 1. The van der Waals surface area contributed by atoms with E-state index in [0.717, 1.165) is 12.2 Å². The van der Waals surface area contributed by atoms with Crippen LogP contribution in [0.25, 0.3) is 0 Å². The van der Waals surface area contributed by atoms with Crippen molar-refractivity contribution in [3.63, 3.8) is 0 Å². The molecule has 0 amide bonds. The molecule has 0 bridgehead atoms. The normalized spacial score (nSPS) is 15.5. The first kappa shape index (κ1) is 6.84. The minimum Gasteiger partial charge on any atom is -0.412 e. The van der Waals surface area contributed by atoms with Crippen molar-refractivity contribution in [2.75, 3.05) is 0 Å². The molecule has 0 aromatic heterocycles. The lowest BCUT2D eigenvalue weighted by molar-refractivity contribution is -0.150. The van der Waals surface area contributed by atoms with E-state index in [2.05, 4.69) is 4.74 Å². The van der Waals surface area contributed by atoms with Crippen LogP contribution in [-0.4, -0.2) is 17.4 Å². The van der Waals surface area contributed by atoms with Gasteiger partial charge in [0.15, 0.2) is 0 Å². The van der Waals surface area contributed by atoms with Gasteiger partial charge in [-0.25, -0.2) is 9.59 Å². The van der Waals surface area contributed by atoms with E-state index >= 15 is 0 Å². The maximum atomic E-state index is 9.92. The zero-order chi connectivity index (χ0) is 5.28. The fraction of sp³-hybridized carbons (Fsp3) is 0. The zero-order valence-electron chi connectivity index (χ0n) is 3.88. The minimum atomic E-state index is -0.579. The topological polar surface area (TPSA) is 74.9 Å². The highest BCUT2D eigenvalue weighted by Crippen LogP contribution is 1.92. The van der Waals surface area contributed by atoms with Crippen LogP contribution < -0.4 is 0 Å². The third kappa shape index (κ3) is 1.16. The number of carbonyl (C=O) groups is 2. The van der Waals surface area contributed by atoms with Gasteiger partial charge in [0, 0.05) is 12.2 Å². The second-order valence-corrected chi connectivity index (χ2v) is 1.07. The van der Waals surface area contributed by atoms with Crippen molar-refractivity contribution < 1.29 is 19.8 Å². The SMILES string of the molecule is O.O=C1C=CC(=O)O1. The van der Waals surface area contributed by atoms with Crippen molar-refractivity contribution in [3.8, 4) is 0 Å². The molecule has 0 saturated heterocycles. The van der Waals surface area contributed by atoms with Gasteiger partial charge in [0.2, 0.25) is 0 Å². The first-order chi connectivity index (χ1) is 3.29. The third-order valence-electron chi connectivity index (χ3n) is 0.557. The lowest BCUT2D eigenvalue weighted by Crippen LogP contribution is -1.96. The summed E-state index contributed by atoms with van der Waals surface area (Å²) in [4.78, 5) is 19.8. The second kappa shape index (κ2) is 2.23. The second-order valence-electron chi connectivity index (χ2n) is 1.07. The van der Waals surface area contributed by atoms with Gasteiger partial charge in [0.1, 0.15) is 0 Å². The van der Waals surface area contributed by atoms with Gasteiger partial charge < -0.3 is 10.2 Å². The Labute approximate surface area is 45.1 Å². The summed E-state index contributed by atoms with van der Waals surface area (Å²) >= 11 is 0. The fourth-order valence-electron chi connectivity index (χ4n) is 0.303. The monoisotopic (exact) mass is 116 g/mol. The standard InChI is InChI=1S/C4H2O3.H2O/c5-3-1-2-4(6)7-3;/h1-2H;1H2. The Balaban J connectivity index is 0.000000490. The molecule has 1 heterocycles. The summed E-state index contributed by atoms with van der Waals surface area (Å²) in [6.07, 6.45) is 2.17. The van der Waals surface area contributed by atoms with Gasteiger partial charge in [0.25, 0.3) is 0 Å². The van der Waals surface area contributed by atoms with E-state index in [1.54, 1.807) is 0 Å². The van der Waals surface area contributed by atoms with Crippen LogP contribution in [0.1, 0.15) is 0 Å². The van der Waals surface area contributed by atoms with E-state index < -0.39 is 11.9 Å². The molecule has 44 valence electrons. The molecule has 0 fully saturated rings. The van der Waals surface area contributed by atoms with Gasteiger partial charge >= 0.3 is 11.9 Å². The van der Waals surface area contributed by atoms with E-state index in [-0.39, 0.29) is 5.48 Å². The van der Waals surface area contributed by atoms with Crippen LogP contribution in [0.15, 0.2) is 12.2 Å². The third-order valence-corrected chi connectivity index (χ3v) is 0.557. The molecule has 0 aliphatic carbocycles. The quantitative estimate of drug-likeness (QED) is 0.294. The van der Waals surface area contributed by atoms with Crippen molar-refractivity contribution in [1.29, 1.82) is 0 Å². The first-order valence-electron chi connectivity index (χ1n) is 1.73. The van der Waals surface area contributed by atoms with Crippen molar-refractivity contribution in [3.05, 3.63) is 12.2 Å². The van der Waals surface area contributed by atoms with Gasteiger partial charge in [-0.1, -0.05) is 0 Å². The molecule has 1 aliphatic rings. The van der Waals surface area contributed by atoms with Crippen LogP contribution in [-0.2, 0) is 14.3 Å². The summed E-state index contributed by atoms with van der Waals surface area (Å²) < 4.78 is 3.97. The number of cyclic esters (lactones) is 2. The van der Waals surface area contributed by atoms with Gasteiger partial charge in [0.05, 0.1) is 0 Å². The van der Waals surface area contributed by atoms with Crippen molar-refractivity contribution in [2.24, 2.45) is 0 Å². The molecular formula is C4H4O4. The molecule has 0 aromatic carbocycles. The number of hydrogen-bond acceptors (Lipinski definition) is 3. The summed E-state index contributed by atoms with van der Waals surface area (Å²) in [5.74, 6) is -1.16. The molecular weight excluding hydrogens is 112 g/mol. The van der Waals surface area contributed by atoms with E-state index in [1.807, 2.05) is 0 Å². The zero-order valence-corrected chi connectivity index (χ0v) is 3.88. The highest BCUT2D eigenvalue weighted by molar-refractivity contribution is 6.04. The molecule has 0 atom stereocenters. The van der Waals surface area contributed by atoms with Gasteiger partial charge in [-0.05, 0) is 0 Å². The molecule has 1 aliphatic heterocycles. The van der Waals surface area contributed by atoms with Crippen LogP contribution in [0, 0.1) is 0 Å². The van der Waals surface area contributed by atoms with E-state index in [4.69, 9.17) is 0 Å². The number of esters is 2. The predicted molar refractivity (Wildman–Crippen MR) is 23.9 cm³/mol. The number of carbonyl (C=O) groups excluding carboxylic acids is 2. The van der Waals surface area contributed by atoms with Gasteiger partial charge in [-0.2, -0.15) is 0 Å². The maximum Gasteiger partial charge on any atom is 0.338 e. The average molecular weight is 116 g/mol. The Morgan fingerprint density at radius 3 is 1.62 bits per heavy atom. The van der Waals surface area contributed by atoms with Crippen molar-refractivity contribution in [1.82, 2.24) is 0 Å². The Hall–Kier alpha value is -1.16. The highest BCUT2D eigenvalue weighted by Gasteiger charge is 2.10. The van der Waals surface area contributed by atoms with Crippen molar-refractivity contribution >= 4 is 11.9 Å². The molecule has 8 heavy (non-hydrogen) atoms. The Morgan fingerprint density at radius 1 is 1.12 bits per heavy atom. The summed E-state index contributed by atoms with van der Waals surface area (Å²) in [5, 5.41) is 0. The molecule has 4 nitrogen and oxygen atoms in total. The van der Waals surface area contributed by atoms with E-state index in [9.17, 15) is 9.59 Å². The molecule has 1 rings (SSSR count). The molecule has 0 saturated carbocycles. The molecule has 0 radical (unpaired) electrons. The van der Waals surface area contributed by atoms with E-state index in [0.29, 0.717) is 0 Å². The summed E-state index contributed by atoms with van der Waals surface area (Å²) in [6, 6.07) is 0. The molecule has 0 spiro atoms. The number of hydrogen-bond donors (Lipinski definition) is 0. The largest absolute Gasteiger partial charge is 0.412 e. The Bertz CT molecular complexity index is 130. The molecule has 0 unspecified atom stereocenters. The van der Waals surface area contributed by atoms with Crippen molar-refractivity contribution in [2.45, 2.75) is 0 Å². The lowest BCUT2D eigenvalue weighted by Gasteiger charge is -1.80. The molecule has 2 N–H and O–H groups in total. The van der Waals surface area contributed by atoms with Crippen LogP contribution in [0.4, 0.5) is 0 Å². The van der Waals surface area contributed by atoms with Gasteiger partial charge in [-0.15, -0.1) is 0 Å². The molecule has 0 aromatic rings.